The van der Waals surface area contributed by atoms with Crippen molar-refractivity contribution in [1.29, 1.82) is 0 Å². The number of thioether (sulfide) groups is 1. The molecule has 1 aliphatic heterocycles. The number of methoxy groups -OCH3 is 1. The van der Waals surface area contributed by atoms with Crippen LogP contribution in [-0.2, 0) is 4.79 Å². The van der Waals surface area contributed by atoms with Crippen molar-refractivity contribution in [3.63, 3.8) is 0 Å². The number of hydrogen-bond acceptors (Lipinski definition) is 5. The molecule has 2 heterocycles. The molecule has 1 saturated heterocycles. The highest BCUT2D eigenvalue weighted by Crippen LogP contribution is 2.42. The first-order chi connectivity index (χ1) is 13.7. The summed E-state index contributed by atoms with van der Waals surface area (Å²) in [5.74, 6) is 1.04. The standard InChI is InChI=1S/C21H18N2O3S2/c1-26-17-8-3-7-16(12-17)23-19(24)13-28-21(23)14-5-2-6-15(11-14)22-20(25)18-9-4-10-27-18/h2-12,21H,13H2,1H3,(H,22,25). The Morgan fingerprint density at radius 3 is 2.79 bits per heavy atom. The van der Waals surface area contributed by atoms with Gasteiger partial charge in [-0.05, 0) is 41.3 Å². The van der Waals surface area contributed by atoms with E-state index in [1.807, 2.05) is 60.0 Å². The van der Waals surface area contributed by atoms with E-state index in [2.05, 4.69) is 5.32 Å². The molecule has 5 nitrogen and oxygen atoms in total. The lowest BCUT2D eigenvalue weighted by atomic mass is 10.1. The van der Waals surface area contributed by atoms with E-state index in [1.165, 1.54) is 11.3 Å². The monoisotopic (exact) mass is 410 g/mol. The lowest BCUT2D eigenvalue weighted by Crippen LogP contribution is -2.27. The van der Waals surface area contributed by atoms with Gasteiger partial charge in [-0.25, -0.2) is 0 Å². The maximum Gasteiger partial charge on any atom is 0.265 e. The van der Waals surface area contributed by atoms with Gasteiger partial charge in [0.2, 0.25) is 5.91 Å². The molecule has 1 unspecified atom stereocenters. The third kappa shape index (κ3) is 3.76. The largest absolute Gasteiger partial charge is 0.497 e. The number of hydrogen-bond donors (Lipinski definition) is 1. The number of ether oxygens (including phenoxy) is 1. The van der Waals surface area contributed by atoms with Crippen molar-refractivity contribution in [2.45, 2.75) is 5.37 Å². The van der Waals surface area contributed by atoms with Crippen molar-refractivity contribution in [2.24, 2.45) is 0 Å². The minimum Gasteiger partial charge on any atom is -0.497 e. The van der Waals surface area contributed by atoms with Gasteiger partial charge in [0, 0.05) is 17.4 Å². The Hall–Kier alpha value is -2.77. The molecule has 1 aromatic heterocycles. The zero-order valence-electron chi connectivity index (χ0n) is 15.1. The van der Waals surface area contributed by atoms with Gasteiger partial charge in [0.05, 0.1) is 17.7 Å². The van der Waals surface area contributed by atoms with E-state index < -0.39 is 0 Å². The molecule has 142 valence electrons. The number of benzene rings is 2. The number of carbonyl (C=O) groups excluding carboxylic acids is 2. The summed E-state index contributed by atoms with van der Waals surface area (Å²) in [4.78, 5) is 27.4. The number of carbonyl (C=O) groups is 2. The van der Waals surface area contributed by atoms with Crippen LogP contribution in [0.1, 0.15) is 20.6 Å². The second-order valence-electron chi connectivity index (χ2n) is 6.19. The highest BCUT2D eigenvalue weighted by Gasteiger charge is 2.34. The number of amides is 2. The van der Waals surface area contributed by atoms with E-state index in [1.54, 1.807) is 29.8 Å². The molecule has 0 spiro atoms. The predicted molar refractivity (Wildman–Crippen MR) is 114 cm³/mol. The summed E-state index contributed by atoms with van der Waals surface area (Å²) in [6, 6.07) is 18.8. The molecule has 1 aliphatic rings. The van der Waals surface area contributed by atoms with E-state index in [0.717, 1.165) is 11.3 Å². The van der Waals surface area contributed by atoms with E-state index in [4.69, 9.17) is 4.74 Å². The van der Waals surface area contributed by atoms with Crippen molar-refractivity contribution in [3.8, 4) is 5.75 Å². The Bertz CT molecular complexity index is 1000. The number of anilines is 2. The van der Waals surface area contributed by atoms with Crippen molar-refractivity contribution < 1.29 is 14.3 Å². The van der Waals surface area contributed by atoms with E-state index >= 15 is 0 Å². The number of thiophene rings is 1. The van der Waals surface area contributed by atoms with Gasteiger partial charge in [-0.3, -0.25) is 14.5 Å². The average Bonchev–Trinajstić information content (AvgIpc) is 3.38. The van der Waals surface area contributed by atoms with Gasteiger partial charge in [-0.15, -0.1) is 23.1 Å². The quantitative estimate of drug-likeness (QED) is 0.657. The maximum absolute atomic E-state index is 12.6. The zero-order chi connectivity index (χ0) is 19.5. The molecule has 0 aliphatic carbocycles. The molecule has 4 rings (SSSR count). The van der Waals surface area contributed by atoms with E-state index in [-0.39, 0.29) is 17.2 Å². The molecule has 3 aromatic rings. The van der Waals surface area contributed by atoms with Crippen LogP contribution in [0.4, 0.5) is 11.4 Å². The highest BCUT2D eigenvalue weighted by atomic mass is 32.2. The summed E-state index contributed by atoms with van der Waals surface area (Å²) in [6.45, 7) is 0. The minimum atomic E-state index is -0.154. The van der Waals surface area contributed by atoms with Crippen LogP contribution in [0.2, 0.25) is 0 Å². The fourth-order valence-corrected chi connectivity index (χ4v) is 4.87. The summed E-state index contributed by atoms with van der Waals surface area (Å²) < 4.78 is 5.30. The van der Waals surface area contributed by atoms with Crippen LogP contribution < -0.4 is 15.0 Å². The molecule has 28 heavy (non-hydrogen) atoms. The summed E-state index contributed by atoms with van der Waals surface area (Å²) in [7, 11) is 1.61. The van der Waals surface area contributed by atoms with E-state index in [9.17, 15) is 9.59 Å². The Kier molecular flexibility index (Phi) is 5.36. The first-order valence-electron chi connectivity index (χ1n) is 8.68. The molecule has 1 fully saturated rings. The Balaban J connectivity index is 1.60. The Labute approximate surface area is 171 Å². The summed E-state index contributed by atoms with van der Waals surface area (Å²) in [5, 5.41) is 4.65. The van der Waals surface area contributed by atoms with Crippen LogP contribution in [0.25, 0.3) is 0 Å². The lowest BCUT2D eigenvalue weighted by Gasteiger charge is -2.25. The zero-order valence-corrected chi connectivity index (χ0v) is 16.8. The second kappa shape index (κ2) is 8.08. The molecular formula is C21H18N2O3S2. The third-order valence-electron chi connectivity index (χ3n) is 4.37. The maximum atomic E-state index is 12.6. The van der Waals surface area contributed by atoms with Gasteiger partial charge in [0.15, 0.2) is 0 Å². The van der Waals surface area contributed by atoms with Crippen LogP contribution in [0, 0.1) is 0 Å². The minimum absolute atomic E-state index is 0.0521. The normalized spacial score (nSPS) is 16.2. The molecule has 1 atom stereocenters. The summed E-state index contributed by atoms with van der Waals surface area (Å²) in [5.41, 5.74) is 2.47. The van der Waals surface area contributed by atoms with Gasteiger partial charge in [-0.2, -0.15) is 0 Å². The van der Waals surface area contributed by atoms with Crippen LogP contribution in [-0.4, -0.2) is 24.7 Å². The first kappa shape index (κ1) is 18.6. The smallest absolute Gasteiger partial charge is 0.265 e. The third-order valence-corrected chi connectivity index (χ3v) is 6.45. The molecule has 0 radical (unpaired) electrons. The Morgan fingerprint density at radius 2 is 2.00 bits per heavy atom. The average molecular weight is 411 g/mol. The molecule has 7 heteroatoms. The highest BCUT2D eigenvalue weighted by molar-refractivity contribution is 8.00. The van der Waals surface area contributed by atoms with Gasteiger partial charge in [0.1, 0.15) is 11.1 Å². The molecule has 0 saturated carbocycles. The molecular weight excluding hydrogens is 392 g/mol. The van der Waals surface area contributed by atoms with Crippen molar-refractivity contribution in [1.82, 2.24) is 0 Å². The second-order valence-corrected chi connectivity index (χ2v) is 8.20. The fraction of sp³-hybridized carbons (Fsp3) is 0.143. The fourth-order valence-electron chi connectivity index (χ4n) is 3.08. The number of nitrogens with zero attached hydrogens (tertiary/aromatic N) is 1. The Morgan fingerprint density at radius 1 is 1.14 bits per heavy atom. The van der Waals surface area contributed by atoms with Crippen molar-refractivity contribution >= 4 is 46.3 Å². The first-order valence-corrected chi connectivity index (χ1v) is 10.6. The van der Waals surface area contributed by atoms with Gasteiger partial charge in [0.25, 0.3) is 5.91 Å². The van der Waals surface area contributed by atoms with Crippen molar-refractivity contribution in [3.05, 3.63) is 76.5 Å². The topological polar surface area (TPSA) is 58.6 Å². The predicted octanol–water partition coefficient (Wildman–Crippen LogP) is 4.79. The van der Waals surface area contributed by atoms with Crippen molar-refractivity contribution in [2.75, 3.05) is 23.1 Å². The van der Waals surface area contributed by atoms with Gasteiger partial charge < -0.3 is 10.1 Å². The van der Waals surface area contributed by atoms with E-state index in [0.29, 0.717) is 22.1 Å². The van der Waals surface area contributed by atoms with Crippen LogP contribution in [0.3, 0.4) is 0 Å². The summed E-state index contributed by atoms with van der Waals surface area (Å²) in [6.07, 6.45) is 0. The molecule has 0 bridgehead atoms. The summed E-state index contributed by atoms with van der Waals surface area (Å²) >= 11 is 2.97. The molecule has 2 aromatic carbocycles. The number of nitrogens with one attached hydrogen (secondary N) is 1. The van der Waals surface area contributed by atoms with Gasteiger partial charge in [-0.1, -0.05) is 24.3 Å². The molecule has 1 N–H and O–H groups in total. The van der Waals surface area contributed by atoms with Gasteiger partial charge >= 0.3 is 0 Å². The molecule has 2 amide bonds. The van der Waals surface area contributed by atoms with Crippen LogP contribution in [0.5, 0.6) is 5.75 Å². The SMILES string of the molecule is COc1cccc(N2C(=O)CSC2c2cccc(NC(=O)c3cccs3)c2)c1. The number of rotatable bonds is 5. The van der Waals surface area contributed by atoms with Crippen LogP contribution >= 0.6 is 23.1 Å². The van der Waals surface area contributed by atoms with Crippen LogP contribution in [0.15, 0.2) is 66.0 Å². The lowest BCUT2D eigenvalue weighted by molar-refractivity contribution is -0.115.